The smallest absolute Gasteiger partial charge is 0.335 e. The normalized spacial score (nSPS) is 16.8. The summed E-state index contributed by atoms with van der Waals surface area (Å²) < 4.78 is 4.84. The molecule has 0 aliphatic carbocycles. The van der Waals surface area contributed by atoms with Crippen molar-refractivity contribution < 1.29 is 14.6 Å². The molecule has 0 saturated carbocycles. The molecule has 4 heteroatoms. The van der Waals surface area contributed by atoms with Gasteiger partial charge >= 0.3 is 5.97 Å². The topological polar surface area (TPSA) is 49.8 Å². The Labute approximate surface area is 106 Å². The average Bonchev–Trinajstić information content (AvgIpc) is 2.39. The first kappa shape index (κ1) is 12.6. The van der Waals surface area contributed by atoms with Gasteiger partial charge in [0.25, 0.3) is 0 Å². The number of carbonyl (C=O) groups is 1. The highest BCUT2D eigenvalue weighted by Crippen LogP contribution is 2.28. The summed E-state index contributed by atoms with van der Waals surface area (Å²) in [7, 11) is 3.38. The first-order chi connectivity index (χ1) is 8.61. The molecule has 0 atom stereocenters. The van der Waals surface area contributed by atoms with Gasteiger partial charge in [-0.2, -0.15) is 0 Å². The fraction of sp³-hybridized carbons (Fsp3) is 0.357. The van der Waals surface area contributed by atoms with E-state index in [0.29, 0.717) is 12.1 Å². The highest BCUT2D eigenvalue weighted by Gasteiger charge is 2.23. The van der Waals surface area contributed by atoms with Gasteiger partial charge in [0.2, 0.25) is 0 Å². The van der Waals surface area contributed by atoms with Crippen molar-refractivity contribution in [2.75, 3.05) is 27.2 Å². The maximum atomic E-state index is 11.8. The van der Waals surface area contributed by atoms with Crippen LogP contribution in [0.15, 0.2) is 29.8 Å². The second-order valence-corrected chi connectivity index (χ2v) is 4.48. The van der Waals surface area contributed by atoms with Crippen molar-refractivity contribution in [1.82, 2.24) is 4.90 Å². The number of ether oxygens (including phenoxy) is 1. The highest BCUT2D eigenvalue weighted by atomic mass is 16.5. The summed E-state index contributed by atoms with van der Waals surface area (Å²) in [5, 5.41) is 9.30. The predicted molar refractivity (Wildman–Crippen MR) is 69.2 cm³/mol. The van der Waals surface area contributed by atoms with Gasteiger partial charge in [0.1, 0.15) is 5.75 Å². The predicted octanol–water partition coefficient (Wildman–Crippen LogP) is 1.65. The van der Waals surface area contributed by atoms with Crippen LogP contribution in [-0.4, -0.2) is 43.2 Å². The number of aromatic hydroxyl groups is 1. The number of methoxy groups -OCH3 is 1. The van der Waals surface area contributed by atoms with Crippen LogP contribution >= 0.6 is 0 Å². The lowest BCUT2D eigenvalue weighted by molar-refractivity contribution is -0.136. The second-order valence-electron chi connectivity index (χ2n) is 4.48. The van der Waals surface area contributed by atoms with Gasteiger partial charge in [-0.3, -0.25) is 0 Å². The van der Waals surface area contributed by atoms with E-state index >= 15 is 0 Å². The lowest BCUT2D eigenvalue weighted by atomic mass is 9.93. The number of benzene rings is 1. The van der Waals surface area contributed by atoms with Gasteiger partial charge in [-0.15, -0.1) is 0 Å². The third-order valence-corrected chi connectivity index (χ3v) is 3.18. The van der Waals surface area contributed by atoms with Gasteiger partial charge in [0.05, 0.1) is 12.7 Å². The average molecular weight is 247 g/mol. The van der Waals surface area contributed by atoms with Crippen LogP contribution in [0.25, 0.3) is 5.57 Å². The number of likely N-dealkylation sites (N-methyl/N-ethyl adjacent to an activating group) is 1. The molecule has 0 aromatic heterocycles. The molecule has 18 heavy (non-hydrogen) atoms. The fourth-order valence-corrected chi connectivity index (χ4v) is 2.19. The lowest BCUT2D eigenvalue weighted by Crippen LogP contribution is -2.31. The van der Waals surface area contributed by atoms with Crippen molar-refractivity contribution in [3.05, 3.63) is 35.4 Å². The summed E-state index contributed by atoms with van der Waals surface area (Å²) in [5.41, 5.74) is 2.69. The summed E-state index contributed by atoms with van der Waals surface area (Å²) >= 11 is 0. The Kier molecular flexibility index (Phi) is 3.67. The van der Waals surface area contributed by atoms with Gasteiger partial charge < -0.3 is 14.7 Å². The molecular weight excluding hydrogens is 230 g/mol. The van der Waals surface area contributed by atoms with E-state index < -0.39 is 0 Å². The summed E-state index contributed by atoms with van der Waals surface area (Å²) in [6.07, 6.45) is 0.811. The second kappa shape index (κ2) is 5.23. The van der Waals surface area contributed by atoms with Crippen molar-refractivity contribution in [3.8, 4) is 5.75 Å². The van der Waals surface area contributed by atoms with E-state index in [0.717, 1.165) is 24.1 Å². The van der Waals surface area contributed by atoms with Crippen molar-refractivity contribution >= 4 is 11.5 Å². The number of esters is 1. The Hall–Kier alpha value is -1.81. The first-order valence-corrected chi connectivity index (χ1v) is 5.90. The van der Waals surface area contributed by atoms with Crippen LogP contribution in [0.3, 0.4) is 0 Å². The van der Waals surface area contributed by atoms with Crippen LogP contribution in [0.2, 0.25) is 0 Å². The number of phenolic OH excluding ortho intramolecular Hbond substituents is 1. The van der Waals surface area contributed by atoms with E-state index in [1.807, 2.05) is 19.2 Å². The maximum absolute atomic E-state index is 11.8. The molecule has 1 aliphatic heterocycles. The zero-order valence-corrected chi connectivity index (χ0v) is 10.6. The van der Waals surface area contributed by atoms with Crippen LogP contribution in [0.4, 0.5) is 0 Å². The summed E-state index contributed by atoms with van der Waals surface area (Å²) in [6.45, 7) is 1.51. The SMILES string of the molecule is COC(=O)C1=C(c2ccc(O)cc2)CCN(C)C1. The Morgan fingerprint density at radius 3 is 2.61 bits per heavy atom. The number of hydrogen-bond acceptors (Lipinski definition) is 4. The molecule has 1 aliphatic rings. The molecule has 96 valence electrons. The Morgan fingerprint density at radius 1 is 1.33 bits per heavy atom. The summed E-state index contributed by atoms with van der Waals surface area (Å²) in [6, 6.07) is 6.93. The van der Waals surface area contributed by atoms with Gasteiger partial charge in [-0.05, 0) is 36.7 Å². The number of hydrogen-bond donors (Lipinski definition) is 1. The monoisotopic (exact) mass is 247 g/mol. The summed E-state index contributed by atoms with van der Waals surface area (Å²) in [5.74, 6) is -0.0449. The van der Waals surface area contributed by atoms with E-state index in [9.17, 15) is 9.90 Å². The van der Waals surface area contributed by atoms with E-state index in [1.165, 1.54) is 7.11 Å². The van der Waals surface area contributed by atoms with E-state index in [2.05, 4.69) is 4.90 Å². The minimum atomic E-state index is -0.273. The molecule has 1 aromatic rings. The van der Waals surface area contributed by atoms with Gasteiger partial charge in [-0.1, -0.05) is 12.1 Å². The molecule has 0 bridgehead atoms. The molecule has 1 N–H and O–H groups in total. The van der Waals surface area contributed by atoms with Crippen molar-refractivity contribution in [1.29, 1.82) is 0 Å². The first-order valence-electron chi connectivity index (χ1n) is 5.90. The molecule has 0 fully saturated rings. The van der Waals surface area contributed by atoms with E-state index in [-0.39, 0.29) is 11.7 Å². The van der Waals surface area contributed by atoms with E-state index in [4.69, 9.17) is 4.74 Å². The van der Waals surface area contributed by atoms with Crippen LogP contribution in [0.1, 0.15) is 12.0 Å². The van der Waals surface area contributed by atoms with E-state index in [1.54, 1.807) is 12.1 Å². The zero-order chi connectivity index (χ0) is 13.1. The number of nitrogens with zero attached hydrogens (tertiary/aromatic N) is 1. The number of phenols is 1. The Bertz CT molecular complexity index is 476. The zero-order valence-electron chi connectivity index (χ0n) is 10.6. The van der Waals surface area contributed by atoms with Crippen LogP contribution in [-0.2, 0) is 9.53 Å². The summed E-state index contributed by atoms with van der Waals surface area (Å²) in [4.78, 5) is 13.9. The molecule has 0 amide bonds. The number of rotatable bonds is 2. The van der Waals surface area contributed by atoms with Gasteiger partial charge in [-0.25, -0.2) is 4.79 Å². The molecule has 0 spiro atoms. The molecule has 0 saturated heterocycles. The largest absolute Gasteiger partial charge is 0.508 e. The van der Waals surface area contributed by atoms with Crippen molar-refractivity contribution in [2.24, 2.45) is 0 Å². The molecule has 4 nitrogen and oxygen atoms in total. The molecule has 1 aromatic carbocycles. The maximum Gasteiger partial charge on any atom is 0.335 e. The van der Waals surface area contributed by atoms with Crippen LogP contribution in [0, 0.1) is 0 Å². The standard InChI is InChI=1S/C14H17NO3/c1-15-8-7-12(13(9-15)14(17)18-2)10-3-5-11(16)6-4-10/h3-6,16H,7-9H2,1-2H3. The Balaban J connectivity index is 2.42. The molecule has 1 heterocycles. The van der Waals surface area contributed by atoms with Gasteiger partial charge in [0.15, 0.2) is 0 Å². The molecular formula is C14H17NO3. The third-order valence-electron chi connectivity index (χ3n) is 3.18. The Morgan fingerprint density at radius 2 is 2.00 bits per heavy atom. The molecule has 2 rings (SSSR count). The quantitative estimate of drug-likeness (QED) is 0.807. The van der Waals surface area contributed by atoms with Crippen molar-refractivity contribution in [2.45, 2.75) is 6.42 Å². The minimum absolute atomic E-state index is 0.229. The van der Waals surface area contributed by atoms with Crippen molar-refractivity contribution in [3.63, 3.8) is 0 Å². The van der Waals surface area contributed by atoms with Gasteiger partial charge in [0, 0.05) is 13.1 Å². The lowest BCUT2D eigenvalue weighted by Gasteiger charge is -2.26. The minimum Gasteiger partial charge on any atom is -0.508 e. The highest BCUT2D eigenvalue weighted by molar-refractivity contribution is 5.98. The number of carbonyl (C=O) groups excluding carboxylic acids is 1. The van der Waals surface area contributed by atoms with Crippen LogP contribution < -0.4 is 0 Å². The van der Waals surface area contributed by atoms with Crippen LogP contribution in [0.5, 0.6) is 5.75 Å². The molecule has 0 radical (unpaired) electrons. The molecule has 0 unspecified atom stereocenters. The third kappa shape index (κ3) is 2.54. The fourth-order valence-electron chi connectivity index (χ4n) is 2.19.